The van der Waals surface area contributed by atoms with Gasteiger partial charge in [-0.15, -0.1) is 0 Å². The number of benzene rings is 1. The molecule has 1 aromatic carbocycles. The topological polar surface area (TPSA) is 102 Å². The maximum absolute atomic E-state index is 10.4. The van der Waals surface area contributed by atoms with E-state index in [0.29, 0.717) is 24.9 Å². The number of pyridine rings is 1. The molecule has 0 atom stereocenters. The first-order chi connectivity index (χ1) is 17.2. The number of ether oxygens (including phenoxy) is 3. The number of nitrogens with zero attached hydrogens (tertiary/aromatic N) is 4. The summed E-state index contributed by atoms with van der Waals surface area (Å²) in [6.45, 7) is 3.83. The first-order valence-electron chi connectivity index (χ1n) is 12.4. The summed E-state index contributed by atoms with van der Waals surface area (Å²) in [5.74, 6) is 0.811. The largest absolute Gasteiger partial charge is 0.488 e. The number of morpholine rings is 1. The molecule has 9 nitrogen and oxygen atoms in total. The lowest BCUT2D eigenvalue weighted by Gasteiger charge is -2.35. The molecule has 3 aromatic rings. The van der Waals surface area contributed by atoms with Crippen LogP contribution in [-0.2, 0) is 15.1 Å². The van der Waals surface area contributed by atoms with Gasteiger partial charge < -0.3 is 29.5 Å². The Hall–Kier alpha value is -3.01. The third kappa shape index (κ3) is 4.76. The number of aromatic nitrogens is 3. The Labute approximate surface area is 204 Å². The molecular weight excluding hydrogens is 446 g/mol. The number of hydrogen-bond donors (Lipinski definition) is 2. The molecule has 0 unspecified atom stereocenters. The van der Waals surface area contributed by atoms with Crippen molar-refractivity contribution in [3.63, 3.8) is 0 Å². The Morgan fingerprint density at radius 3 is 2.49 bits per heavy atom. The highest BCUT2D eigenvalue weighted by Gasteiger charge is 2.39. The molecule has 0 spiro atoms. The van der Waals surface area contributed by atoms with E-state index in [9.17, 15) is 5.11 Å². The predicted molar refractivity (Wildman–Crippen MR) is 132 cm³/mol. The van der Waals surface area contributed by atoms with Crippen LogP contribution in [0.3, 0.4) is 0 Å². The minimum atomic E-state index is -0.929. The van der Waals surface area contributed by atoms with Crippen LogP contribution in [0.15, 0.2) is 42.9 Å². The first-order valence-corrected chi connectivity index (χ1v) is 12.4. The van der Waals surface area contributed by atoms with Gasteiger partial charge in [-0.25, -0.2) is 4.98 Å². The van der Waals surface area contributed by atoms with Gasteiger partial charge in [-0.3, -0.25) is 9.97 Å². The number of fused-ring (bicyclic) bond motifs is 1. The second-order valence-electron chi connectivity index (χ2n) is 9.66. The van der Waals surface area contributed by atoms with Gasteiger partial charge in [0.15, 0.2) is 5.60 Å². The summed E-state index contributed by atoms with van der Waals surface area (Å²) in [5, 5.41) is 14.0. The zero-order valence-electron chi connectivity index (χ0n) is 19.7. The normalized spacial score (nSPS) is 24.1. The van der Waals surface area contributed by atoms with E-state index in [-0.39, 0.29) is 6.10 Å². The smallest absolute Gasteiger partial charge is 0.153 e. The van der Waals surface area contributed by atoms with Gasteiger partial charge in [-0.2, -0.15) is 0 Å². The molecule has 2 N–H and O–H groups in total. The van der Waals surface area contributed by atoms with Crippen LogP contribution in [0.2, 0.25) is 0 Å². The van der Waals surface area contributed by atoms with Gasteiger partial charge in [0.25, 0.3) is 0 Å². The van der Waals surface area contributed by atoms with E-state index in [2.05, 4.69) is 37.3 Å². The van der Waals surface area contributed by atoms with Crippen molar-refractivity contribution in [3.05, 3.63) is 48.5 Å². The van der Waals surface area contributed by atoms with Crippen molar-refractivity contribution in [2.45, 2.75) is 43.4 Å². The van der Waals surface area contributed by atoms with E-state index >= 15 is 0 Å². The van der Waals surface area contributed by atoms with Crippen molar-refractivity contribution < 1.29 is 19.3 Å². The molecule has 35 heavy (non-hydrogen) atoms. The van der Waals surface area contributed by atoms with Crippen molar-refractivity contribution >= 4 is 22.4 Å². The van der Waals surface area contributed by atoms with E-state index in [1.54, 1.807) is 18.6 Å². The standard InChI is InChI=1S/C26H31N5O4/c32-26(16-34-17-26)24-6-3-19(15-29-24)30-18-1-4-21(5-2-18)35-23-14-20(31-9-11-33-12-10-31)13-22-25(23)28-8-7-27-22/h3,6-8,13-15,18,21,30,32H,1-2,4-5,9-12,16-17H2. The molecule has 2 aromatic heterocycles. The molecule has 2 saturated heterocycles. The Bertz CT molecular complexity index is 1160. The van der Waals surface area contributed by atoms with Crippen molar-refractivity contribution in [1.29, 1.82) is 0 Å². The van der Waals surface area contributed by atoms with Crippen LogP contribution in [0.5, 0.6) is 5.75 Å². The highest BCUT2D eigenvalue weighted by Crippen LogP contribution is 2.34. The summed E-state index contributed by atoms with van der Waals surface area (Å²) in [5.41, 5.74) is 3.50. The summed E-state index contributed by atoms with van der Waals surface area (Å²) in [4.78, 5) is 15.9. The fraction of sp³-hybridized carbons (Fsp3) is 0.500. The Balaban J connectivity index is 1.09. The first kappa shape index (κ1) is 22.5. The lowest BCUT2D eigenvalue weighted by molar-refractivity contribution is -0.186. The van der Waals surface area contributed by atoms with Crippen molar-refractivity contribution in [2.24, 2.45) is 0 Å². The Kier molecular flexibility index (Phi) is 6.13. The number of hydrogen-bond acceptors (Lipinski definition) is 9. The Morgan fingerprint density at radius 2 is 1.77 bits per heavy atom. The molecule has 0 bridgehead atoms. The van der Waals surface area contributed by atoms with Gasteiger partial charge >= 0.3 is 0 Å². The van der Waals surface area contributed by atoms with Crippen molar-refractivity contribution in [3.8, 4) is 5.75 Å². The van der Waals surface area contributed by atoms with Crippen LogP contribution in [0, 0.1) is 0 Å². The molecule has 4 heterocycles. The molecule has 3 aliphatic rings. The number of aliphatic hydroxyl groups is 1. The maximum atomic E-state index is 10.4. The number of rotatable bonds is 6. The van der Waals surface area contributed by atoms with Crippen LogP contribution < -0.4 is 15.0 Å². The Morgan fingerprint density at radius 1 is 0.971 bits per heavy atom. The lowest BCUT2D eigenvalue weighted by Crippen LogP contribution is -2.47. The molecule has 1 aliphatic carbocycles. The second-order valence-corrected chi connectivity index (χ2v) is 9.66. The molecule has 9 heteroatoms. The monoisotopic (exact) mass is 477 g/mol. The van der Waals surface area contributed by atoms with E-state index in [1.807, 2.05) is 12.1 Å². The van der Waals surface area contributed by atoms with Gasteiger partial charge in [0, 0.05) is 43.3 Å². The quantitative estimate of drug-likeness (QED) is 0.555. The fourth-order valence-corrected chi connectivity index (χ4v) is 5.06. The van der Waals surface area contributed by atoms with E-state index in [4.69, 9.17) is 14.2 Å². The summed E-state index contributed by atoms with van der Waals surface area (Å²) in [7, 11) is 0. The highest BCUT2D eigenvalue weighted by molar-refractivity contribution is 5.85. The summed E-state index contributed by atoms with van der Waals surface area (Å²) >= 11 is 0. The average Bonchev–Trinajstić information content (AvgIpc) is 2.89. The van der Waals surface area contributed by atoms with Crippen molar-refractivity contribution in [1.82, 2.24) is 15.0 Å². The van der Waals surface area contributed by atoms with Crippen LogP contribution in [0.1, 0.15) is 31.4 Å². The van der Waals surface area contributed by atoms with Crippen LogP contribution in [-0.4, -0.2) is 71.7 Å². The predicted octanol–water partition coefficient (Wildman–Crippen LogP) is 2.88. The van der Waals surface area contributed by atoms with Gasteiger partial charge in [-0.05, 0) is 43.9 Å². The minimum absolute atomic E-state index is 0.145. The summed E-state index contributed by atoms with van der Waals surface area (Å²) in [6.07, 6.45) is 9.35. The summed E-state index contributed by atoms with van der Waals surface area (Å²) < 4.78 is 17.2. The molecular formula is C26H31N5O4. The molecule has 6 rings (SSSR count). The summed E-state index contributed by atoms with van der Waals surface area (Å²) in [6, 6.07) is 8.45. The average molecular weight is 478 g/mol. The molecule has 0 radical (unpaired) electrons. The maximum Gasteiger partial charge on any atom is 0.153 e. The molecule has 1 saturated carbocycles. The highest BCUT2D eigenvalue weighted by atomic mass is 16.5. The third-order valence-corrected chi connectivity index (χ3v) is 7.16. The van der Waals surface area contributed by atoms with Gasteiger partial charge in [0.1, 0.15) is 11.3 Å². The van der Waals surface area contributed by atoms with Crippen LogP contribution >= 0.6 is 0 Å². The minimum Gasteiger partial charge on any atom is -0.488 e. The SMILES string of the molecule is OC1(c2ccc(NC3CCC(Oc4cc(N5CCOCC5)cc5nccnc45)CC3)cn2)COC1. The lowest BCUT2D eigenvalue weighted by atomic mass is 9.92. The third-order valence-electron chi connectivity index (χ3n) is 7.16. The van der Waals surface area contributed by atoms with E-state index < -0.39 is 5.60 Å². The van der Waals surface area contributed by atoms with Gasteiger partial charge in [0.2, 0.25) is 0 Å². The zero-order valence-corrected chi connectivity index (χ0v) is 19.7. The number of anilines is 2. The van der Waals surface area contributed by atoms with Crippen molar-refractivity contribution in [2.75, 3.05) is 49.7 Å². The van der Waals surface area contributed by atoms with Crippen LogP contribution in [0.4, 0.5) is 11.4 Å². The van der Waals surface area contributed by atoms with Gasteiger partial charge in [0.05, 0.1) is 55.6 Å². The molecule has 2 aliphatic heterocycles. The van der Waals surface area contributed by atoms with Crippen LogP contribution in [0.25, 0.3) is 11.0 Å². The second kappa shape index (κ2) is 9.56. The molecule has 3 fully saturated rings. The molecule has 184 valence electrons. The van der Waals surface area contributed by atoms with E-state index in [0.717, 1.165) is 80.1 Å². The van der Waals surface area contributed by atoms with Gasteiger partial charge in [-0.1, -0.05) is 0 Å². The molecule has 0 amide bonds. The fourth-order valence-electron chi connectivity index (χ4n) is 5.06. The zero-order chi connectivity index (χ0) is 23.7. The van der Waals surface area contributed by atoms with E-state index in [1.165, 1.54) is 0 Å². The number of nitrogens with one attached hydrogen (secondary N) is 1.